The van der Waals surface area contributed by atoms with Crippen LogP contribution in [0, 0.1) is 16.2 Å². The van der Waals surface area contributed by atoms with E-state index in [-0.39, 0.29) is 91.2 Å². The van der Waals surface area contributed by atoms with E-state index in [1.54, 1.807) is 75.3 Å². The predicted molar refractivity (Wildman–Crippen MR) is 525 cm³/mol. The van der Waals surface area contributed by atoms with Gasteiger partial charge in [-0.25, -0.2) is 23.9 Å². The molecule has 0 spiro atoms. The van der Waals surface area contributed by atoms with Gasteiger partial charge in [-0.3, -0.25) is 28.5 Å². The van der Waals surface area contributed by atoms with Gasteiger partial charge in [0.1, 0.15) is 40.3 Å². The number of ketones is 2. The van der Waals surface area contributed by atoms with Crippen LogP contribution in [0.1, 0.15) is 272 Å². The maximum absolute atomic E-state index is 13.7. The van der Waals surface area contributed by atoms with Gasteiger partial charge >= 0.3 is 35.9 Å². The quantitative estimate of drug-likeness (QED) is 0.0119. The third-order valence-electron chi connectivity index (χ3n) is 20.9. The molecule has 41 nitrogen and oxygen atoms in total. The Morgan fingerprint density at radius 2 is 0.660 bits per heavy atom. The highest BCUT2D eigenvalue weighted by atomic mass is 16.6. The van der Waals surface area contributed by atoms with E-state index in [0.717, 1.165) is 25.7 Å². The molecule has 3 aromatic heterocycles. The number of carboxylic acids is 1. The summed E-state index contributed by atoms with van der Waals surface area (Å²) in [6, 6.07) is 1.96. The number of Topliss-reactive ketones (excluding diaryl/α,β-unsaturated/α-hetero) is 2. The van der Waals surface area contributed by atoms with Crippen molar-refractivity contribution in [3.8, 4) is 5.69 Å². The van der Waals surface area contributed by atoms with Gasteiger partial charge < -0.3 is 116 Å². The predicted octanol–water partition coefficient (Wildman–Crippen LogP) is 12.0. The normalized spacial score (nSPS) is 13.1. The summed E-state index contributed by atoms with van der Waals surface area (Å²) in [5.74, 6) is -2.75. The van der Waals surface area contributed by atoms with E-state index >= 15 is 0 Å². The van der Waals surface area contributed by atoms with Crippen LogP contribution in [-0.2, 0) is 142 Å². The van der Waals surface area contributed by atoms with E-state index in [0.29, 0.717) is 303 Å². The van der Waals surface area contributed by atoms with Gasteiger partial charge in [0, 0.05) is 75.2 Å². The Bertz CT molecular complexity index is 4050. The van der Waals surface area contributed by atoms with Crippen molar-refractivity contribution >= 4 is 47.5 Å². The number of nitrogens with one attached hydrogen (secondary N) is 4. The largest absolute Gasteiger partial charge is 0.481 e. The maximum atomic E-state index is 13.7. The zero-order valence-corrected chi connectivity index (χ0v) is 88.0. The topological polar surface area (TPSA) is 472 Å². The molecule has 3 heterocycles. The Hall–Kier alpha value is -8.24. The van der Waals surface area contributed by atoms with Gasteiger partial charge in [0.2, 0.25) is 0 Å². The van der Waals surface area contributed by atoms with E-state index < -0.39 is 58.8 Å². The Morgan fingerprint density at radius 3 is 1.01 bits per heavy atom. The Labute approximate surface area is 836 Å². The number of unbranched alkanes of at least 4 members (excludes halogenated alkanes) is 3. The molecule has 4 aromatic rings. The molecule has 1 aromatic carbocycles. The summed E-state index contributed by atoms with van der Waals surface area (Å²) < 4.78 is 112. The fourth-order valence-corrected chi connectivity index (χ4v) is 13.5. The number of ether oxygens (including phenoxy) is 19. The molecular formula is C100H173N13O28. The molecule has 0 bridgehead atoms. The number of benzene rings is 1. The highest BCUT2D eigenvalue weighted by Gasteiger charge is 2.34. The first-order valence-electron chi connectivity index (χ1n) is 50.2. The molecule has 806 valence electrons. The van der Waals surface area contributed by atoms with Crippen LogP contribution in [0.3, 0.4) is 0 Å². The molecule has 0 saturated heterocycles. The number of hydrogen-bond acceptors (Lipinski definition) is 33. The van der Waals surface area contributed by atoms with Gasteiger partial charge in [-0.15, -0.1) is 15.3 Å². The number of carbonyl (C=O) groups is 8. The molecule has 0 aliphatic heterocycles. The number of carbonyl (C=O) groups excluding carboxylic acids is 7. The molecule has 0 radical (unpaired) electrons. The monoisotopic (exact) mass is 2000 g/mol. The summed E-state index contributed by atoms with van der Waals surface area (Å²) in [6.45, 7) is 48.4. The average molecular weight is 2010 g/mol. The van der Waals surface area contributed by atoms with Crippen LogP contribution in [0.15, 0.2) is 36.8 Å². The van der Waals surface area contributed by atoms with Crippen LogP contribution in [-0.4, -0.2) is 337 Å². The second kappa shape index (κ2) is 71.3. The number of aryl methyl sites for hydroxylation is 3. The number of nitrogens with zero attached hydrogens (tertiary/aromatic N) is 9. The van der Waals surface area contributed by atoms with E-state index in [9.17, 15) is 38.4 Å². The molecule has 41 heteroatoms. The lowest BCUT2D eigenvalue weighted by Gasteiger charge is -2.34. The number of esters is 3. The number of aliphatic carboxylic acids is 1. The fourth-order valence-electron chi connectivity index (χ4n) is 13.5. The van der Waals surface area contributed by atoms with Gasteiger partial charge in [-0.2, -0.15) is 0 Å². The molecule has 141 heavy (non-hydrogen) atoms. The third kappa shape index (κ3) is 65.7. The first-order chi connectivity index (χ1) is 67.0. The van der Waals surface area contributed by atoms with Crippen LogP contribution < -0.4 is 21.3 Å². The van der Waals surface area contributed by atoms with Gasteiger partial charge in [-0.1, -0.05) is 78.0 Å². The van der Waals surface area contributed by atoms with Crippen molar-refractivity contribution in [3.63, 3.8) is 0 Å². The summed E-state index contributed by atoms with van der Waals surface area (Å²) in [5, 5.41) is 46.4. The molecule has 4 amide bonds. The summed E-state index contributed by atoms with van der Waals surface area (Å²) >= 11 is 0. The van der Waals surface area contributed by atoms with Crippen molar-refractivity contribution < 1.29 is 133 Å². The van der Waals surface area contributed by atoms with Gasteiger partial charge in [0.25, 0.3) is 0 Å². The molecule has 0 aliphatic carbocycles. The van der Waals surface area contributed by atoms with Gasteiger partial charge in [0.05, 0.1) is 228 Å². The first kappa shape index (κ1) is 125. The van der Waals surface area contributed by atoms with Crippen LogP contribution >= 0.6 is 0 Å². The number of hydrogen-bond donors (Lipinski definition) is 5. The number of carboxylic acid groups (broad SMARTS) is 1. The summed E-state index contributed by atoms with van der Waals surface area (Å²) in [4.78, 5) is 104. The van der Waals surface area contributed by atoms with E-state index in [2.05, 4.69) is 93.7 Å². The first-order valence-corrected chi connectivity index (χ1v) is 50.2. The summed E-state index contributed by atoms with van der Waals surface area (Å²) in [7, 11) is 0. The minimum Gasteiger partial charge on any atom is -0.481 e. The Balaban J connectivity index is 0.935. The number of amides is 4. The Kier molecular flexibility index (Phi) is 63.2. The molecule has 4 rings (SSSR count). The SMILES string of the molecule is CC(C)(C)CC[C@H](NC(=O)N[C@@H](CCCCn1cc(COCCOCCOCCOCCOCCOCCOCCOCCCC(=O)c2cc(C(=O)CCCOCCOCCOCCOCCOCCOCCOCCOCc3cn(CCCC[C@H](NC(=O)N[C@@H](CCC(=O)OC(C)(C)C)C(=O)OC(C)(C)C)C(C)(C)C)nn3)cc(-n3cc(CCCCC(=O)O)nn3)c2)nn1)C(=O)OC(C)(C)C)C(C)(C)C. The lowest BCUT2D eigenvalue weighted by molar-refractivity contribution is -0.159. The third-order valence-corrected chi connectivity index (χ3v) is 20.9. The van der Waals surface area contributed by atoms with Crippen LogP contribution in [0.5, 0.6) is 0 Å². The molecule has 0 unspecified atom stereocenters. The molecule has 0 aliphatic rings. The standard InChI is InChI=1S/C100H173N13O28/c1-95(2,3)36-35-88(97(7,8)9)104-93(121)101-83(91(119)140-99(13,14)15)28-21-23-37-111-72-80(106-108-111)75-137-67-65-135-63-61-133-59-57-131-55-53-129-51-49-127-47-45-125-43-41-123-39-25-29-85(114)77-69-78(71-82(70-77)113-74-79(105-110-113)27-19-20-32-89(116)117)86(115)30-26-40-124-42-44-126-46-48-128-50-52-130-54-56-132-58-60-134-62-64-136-66-68-138-76-81-73-112(109-107-81)38-24-22-31-87(96(4,5)6)103-94(122)102-84(92(120)141-100(16,17)18)33-34-90(118)139-98(10,11)12/h69-74,83-84,87-88H,19-68,75-76H2,1-18H3,(H,116,117)(H2,101,104,121)(H2,102,103,122)/t83-,84-,87-,88-/m0/s1. The van der Waals surface area contributed by atoms with Crippen molar-refractivity contribution in [2.75, 3.05) is 198 Å². The van der Waals surface area contributed by atoms with E-state index in [1.807, 2.05) is 53.9 Å². The zero-order valence-electron chi connectivity index (χ0n) is 88.0. The second-order valence-electron chi connectivity index (χ2n) is 40.7. The molecule has 5 N–H and O–H groups in total. The van der Waals surface area contributed by atoms with Gasteiger partial charge in [0.15, 0.2) is 11.6 Å². The van der Waals surface area contributed by atoms with Crippen LogP contribution in [0.4, 0.5) is 9.59 Å². The summed E-state index contributed by atoms with van der Waals surface area (Å²) in [5.41, 5.74) is 0.761. The van der Waals surface area contributed by atoms with Crippen LogP contribution in [0.2, 0.25) is 0 Å². The lowest BCUT2D eigenvalue weighted by Crippen LogP contribution is -2.53. The van der Waals surface area contributed by atoms with E-state index in [1.165, 1.54) is 4.68 Å². The highest BCUT2D eigenvalue weighted by molar-refractivity contribution is 6.02. The maximum Gasteiger partial charge on any atom is 0.329 e. The van der Waals surface area contributed by atoms with Crippen molar-refractivity contribution in [2.45, 2.75) is 307 Å². The summed E-state index contributed by atoms with van der Waals surface area (Å²) in [6.07, 6.45) is 14.1. The fraction of sp³-hybridized carbons (Fsp3) is 0.800. The van der Waals surface area contributed by atoms with Crippen LogP contribution in [0.25, 0.3) is 5.69 Å². The average Bonchev–Trinajstić information content (AvgIpc) is 1.75. The molecular weight excluding hydrogens is 1830 g/mol. The molecule has 0 saturated carbocycles. The van der Waals surface area contributed by atoms with Crippen molar-refractivity contribution in [3.05, 3.63) is 65.0 Å². The number of rotatable bonds is 83. The zero-order chi connectivity index (χ0) is 104. The highest BCUT2D eigenvalue weighted by Crippen LogP contribution is 2.30. The van der Waals surface area contributed by atoms with Crippen molar-refractivity contribution in [1.82, 2.24) is 66.2 Å². The minimum atomic E-state index is -1.05. The lowest BCUT2D eigenvalue weighted by atomic mass is 9.80. The molecule has 0 fully saturated rings. The van der Waals surface area contributed by atoms with Gasteiger partial charge in [-0.05, 0) is 187 Å². The van der Waals surface area contributed by atoms with Crippen molar-refractivity contribution in [2.24, 2.45) is 16.2 Å². The van der Waals surface area contributed by atoms with Crippen molar-refractivity contribution in [1.29, 1.82) is 0 Å². The smallest absolute Gasteiger partial charge is 0.329 e. The second-order valence-corrected chi connectivity index (χ2v) is 40.7. The minimum absolute atomic E-state index is 0.0277. The number of urea groups is 2. The Morgan fingerprint density at radius 1 is 0.326 bits per heavy atom. The molecule has 4 atom stereocenters. The number of aromatic nitrogens is 9. The van der Waals surface area contributed by atoms with E-state index in [4.69, 9.17) is 95.1 Å².